The summed E-state index contributed by atoms with van der Waals surface area (Å²) < 4.78 is 30.6. The van der Waals surface area contributed by atoms with Crippen LogP contribution < -0.4 is 9.46 Å². The summed E-state index contributed by atoms with van der Waals surface area (Å²) in [4.78, 5) is 14.0. The predicted molar refractivity (Wildman–Crippen MR) is 98.5 cm³/mol. The molecule has 0 aliphatic heterocycles. The van der Waals surface area contributed by atoms with E-state index in [2.05, 4.69) is 4.72 Å². The van der Waals surface area contributed by atoms with Gasteiger partial charge in [-0.25, -0.2) is 8.42 Å². The lowest BCUT2D eigenvalue weighted by molar-refractivity contribution is 0.0774. The van der Waals surface area contributed by atoms with Crippen molar-refractivity contribution in [1.29, 1.82) is 0 Å². The van der Waals surface area contributed by atoms with E-state index < -0.39 is 10.0 Å². The highest BCUT2D eigenvalue weighted by atomic mass is 32.2. The molecule has 0 saturated heterocycles. The van der Waals surface area contributed by atoms with Crippen molar-refractivity contribution < 1.29 is 17.9 Å². The molecule has 0 aromatic heterocycles. The molecule has 0 aliphatic carbocycles. The first-order valence-corrected chi connectivity index (χ1v) is 9.66. The van der Waals surface area contributed by atoms with Gasteiger partial charge >= 0.3 is 0 Å². The van der Waals surface area contributed by atoms with Crippen LogP contribution in [0.4, 0.5) is 5.69 Å². The molecule has 0 fully saturated rings. The lowest BCUT2D eigenvalue weighted by atomic mass is 10.2. The molecule has 0 spiro atoms. The minimum absolute atomic E-state index is 0.204. The molecule has 2 aromatic rings. The average molecular weight is 362 g/mol. The van der Waals surface area contributed by atoms with Crippen LogP contribution in [0.3, 0.4) is 0 Å². The molecule has 0 atom stereocenters. The van der Waals surface area contributed by atoms with Crippen molar-refractivity contribution >= 4 is 21.6 Å². The van der Waals surface area contributed by atoms with Gasteiger partial charge in [-0.15, -0.1) is 0 Å². The van der Waals surface area contributed by atoms with E-state index in [-0.39, 0.29) is 5.91 Å². The van der Waals surface area contributed by atoms with Gasteiger partial charge in [0.1, 0.15) is 12.4 Å². The Bertz CT molecular complexity index is 832. The topological polar surface area (TPSA) is 75.7 Å². The molecule has 0 bridgehead atoms. The number of likely N-dealkylation sites (N-methyl/N-ethyl adjacent to an activating group) is 1. The summed E-state index contributed by atoms with van der Waals surface area (Å²) >= 11 is 0. The number of hydrogen-bond donors (Lipinski definition) is 1. The maximum absolute atomic E-state index is 12.4. The van der Waals surface area contributed by atoms with Crippen molar-refractivity contribution in [3.05, 3.63) is 59.7 Å². The second-order valence-electron chi connectivity index (χ2n) is 5.84. The molecule has 0 unspecified atom stereocenters. The van der Waals surface area contributed by atoms with Crippen LogP contribution in [-0.4, -0.2) is 45.7 Å². The van der Waals surface area contributed by atoms with Crippen molar-refractivity contribution in [3.63, 3.8) is 0 Å². The number of nitrogens with one attached hydrogen (secondary N) is 1. The van der Waals surface area contributed by atoms with Crippen LogP contribution in [0, 0.1) is 6.92 Å². The summed E-state index contributed by atoms with van der Waals surface area (Å²) in [6.07, 6.45) is 1.07. The zero-order valence-corrected chi connectivity index (χ0v) is 15.3. The Balaban J connectivity index is 1.93. The first kappa shape index (κ1) is 18.8. The fraction of sp³-hybridized carbons (Fsp3) is 0.278. The van der Waals surface area contributed by atoms with E-state index in [9.17, 15) is 13.2 Å². The van der Waals surface area contributed by atoms with Crippen molar-refractivity contribution in [3.8, 4) is 5.75 Å². The van der Waals surface area contributed by atoms with Crippen LogP contribution in [0.25, 0.3) is 0 Å². The molecule has 6 nitrogen and oxygen atoms in total. The summed E-state index contributed by atoms with van der Waals surface area (Å²) in [5, 5.41) is 0. The lowest BCUT2D eigenvalue weighted by Gasteiger charge is -2.18. The third-order valence-electron chi connectivity index (χ3n) is 3.48. The van der Waals surface area contributed by atoms with Gasteiger partial charge in [0, 0.05) is 18.3 Å². The summed E-state index contributed by atoms with van der Waals surface area (Å²) in [6, 6.07) is 14.1. The molecule has 0 aliphatic rings. The number of anilines is 1. The molecule has 25 heavy (non-hydrogen) atoms. The minimum atomic E-state index is -3.38. The smallest absolute Gasteiger partial charge is 0.253 e. The summed E-state index contributed by atoms with van der Waals surface area (Å²) in [5.74, 6) is 0.551. The first-order valence-electron chi connectivity index (χ1n) is 7.77. The predicted octanol–water partition coefficient (Wildman–Crippen LogP) is 2.52. The third-order valence-corrected chi connectivity index (χ3v) is 4.08. The zero-order chi connectivity index (χ0) is 18.4. The molecule has 134 valence electrons. The Morgan fingerprint density at radius 2 is 1.84 bits per heavy atom. The Labute approximate surface area is 148 Å². The lowest BCUT2D eigenvalue weighted by Crippen LogP contribution is -2.30. The van der Waals surface area contributed by atoms with Gasteiger partial charge in [-0.1, -0.05) is 23.8 Å². The van der Waals surface area contributed by atoms with Gasteiger partial charge in [0.2, 0.25) is 10.0 Å². The van der Waals surface area contributed by atoms with Crippen LogP contribution in [0.5, 0.6) is 5.75 Å². The number of benzene rings is 2. The highest BCUT2D eigenvalue weighted by Crippen LogP contribution is 2.14. The van der Waals surface area contributed by atoms with E-state index in [1.807, 2.05) is 31.2 Å². The summed E-state index contributed by atoms with van der Waals surface area (Å²) in [7, 11) is -1.70. The molecule has 0 radical (unpaired) electrons. The second kappa shape index (κ2) is 8.02. The van der Waals surface area contributed by atoms with E-state index >= 15 is 0 Å². The van der Waals surface area contributed by atoms with Crippen LogP contribution >= 0.6 is 0 Å². The summed E-state index contributed by atoms with van der Waals surface area (Å²) in [5.41, 5.74) is 1.92. The fourth-order valence-corrected chi connectivity index (χ4v) is 2.74. The molecule has 1 N–H and O–H groups in total. The van der Waals surface area contributed by atoms with Crippen LogP contribution in [0.2, 0.25) is 0 Å². The number of aryl methyl sites for hydroxylation is 1. The standard InChI is InChI=1S/C18H22N2O4S/c1-14-7-9-17(10-8-14)24-12-11-20(2)18(21)15-5-4-6-16(13-15)19-25(3,22)23/h4-10,13,19H,11-12H2,1-3H3. The van der Waals surface area contributed by atoms with Crippen molar-refractivity contribution in [1.82, 2.24) is 4.90 Å². The number of amides is 1. The Hall–Kier alpha value is -2.54. The first-order chi connectivity index (χ1) is 11.7. The molecule has 2 aromatic carbocycles. The van der Waals surface area contributed by atoms with Crippen LogP contribution in [0.1, 0.15) is 15.9 Å². The Kier molecular flexibility index (Phi) is 6.03. The molecule has 2 rings (SSSR count). The van der Waals surface area contributed by atoms with Gasteiger partial charge in [-0.3, -0.25) is 9.52 Å². The second-order valence-corrected chi connectivity index (χ2v) is 7.59. The number of rotatable bonds is 7. The molecule has 0 heterocycles. The Morgan fingerprint density at radius 1 is 1.16 bits per heavy atom. The highest BCUT2D eigenvalue weighted by molar-refractivity contribution is 7.92. The Morgan fingerprint density at radius 3 is 2.48 bits per heavy atom. The quantitative estimate of drug-likeness (QED) is 0.821. The highest BCUT2D eigenvalue weighted by Gasteiger charge is 2.13. The number of nitrogens with zero attached hydrogens (tertiary/aromatic N) is 1. The van der Waals surface area contributed by atoms with Gasteiger partial charge in [0.05, 0.1) is 12.8 Å². The number of ether oxygens (including phenoxy) is 1. The number of sulfonamides is 1. The van der Waals surface area contributed by atoms with E-state index in [1.165, 1.54) is 11.0 Å². The zero-order valence-electron chi connectivity index (χ0n) is 14.5. The maximum atomic E-state index is 12.4. The molecular formula is C18H22N2O4S. The largest absolute Gasteiger partial charge is 0.492 e. The monoisotopic (exact) mass is 362 g/mol. The maximum Gasteiger partial charge on any atom is 0.253 e. The number of hydrogen-bond acceptors (Lipinski definition) is 4. The fourth-order valence-electron chi connectivity index (χ4n) is 2.19. The van der Waals surface area contributed by atoms with Crippen molar-refractivity contribution in [2.45, 2.75) is 6.92 Å². The number of carbonyl (C=O) groups is 1. The molecule has 1 amide bonds. The normalized spacial score (nSPS) is 11.0. The van der Waals surface area contributed by atoms with E-state index in [0.717, 1.165) is 17.6 Å². The van der Waals surface area contributed by atoms with E-state index in [1.54, 1.807) is 25.2 Å². The van der Waals surface area contributed by atoms with Gasteiger partial charge in [-0.05, 0) is 37.3 Å². The average Bonchev–Trinajstić information content (AvgIpc) is 2.54. The minimum Gasteiger partial charge on any atom is -0.492 e. The van der Waals surface area contributed by atoms with Gasteiger partial charge in [-0.2, -0.15) is 0 Å². The van der Waals surface area contributed by atoms with Crippen molar-refractivity contribution in [2.24, 2.45) is 0 Å². The summed E-state index contributed by atoms with van der Waals surface area (Å²) in [6.45, 7) is 2.78. The van der Waals surface area contributed by atoms with Crippen molar-refractivity contribution in [2.75, 3.05) is 31.2 Å². The van der Waals surface area contributed by atoms with E-state index in [0.29, 0.717) is 24.4 Å². The molecule has 7 heteroatoms. The van der Waals surface area contributed by atoms with Crippen LogP contribution in [-0.2, 0) is 10.0 Å². The SMILES string of the molecule is Cc1ccc(OCCN(C)C(=O)c2cccc(NS(C)(=O)=O)c2)cc1. The molecular weight excluding hydrogens is 340 g/mol. The van der Waals surface area contributed by atoms with Crippen LogP contribution in [0.15, 0.2) is 48.5 Å². The molecule has 0 saturated carbocycles. The van der Waals surface area contributed by atoms with Gasteiger partial charge in [0.15, 0.2) is 0 Å². The van der Waals surface area contributed by atoms with Gasteiger partial charge < -0.3 is 9.64 Å². The van der Waals surface area contributed by atoms with E-state index in [4.69, 9.17) is 4.74 Å². The third kappa shape index (κ3) is 6.11. The number of carbonyl (C=O) groups excluding carboxylic acids is 1. The van der Waals surface area contributed by atoms with Gasteiger partial charge in [0.25, 0.3) is 5.91 Å².